The van der Waals surface area contributed by atoms with E-state index in [-0.39, 0.29) is 0 Å². The van der Waals surface area contributed by atoms with Gasteiger partial charge in [0.05, 0.1) is 0 Å². The van der Waals surface area contributed by atoms with E-state index in [9.17, 15) is 0 Å². The summed E-state index contributed by atoms with van der Waals surface area (Å²) >= 11 is 3.61. The number of fused-ring (bicyclic) bond motifs is 6. The van der Waals surface area contributed by atoms with Gasteiger partial charge in [0.15, 0.2) is 17.5 Å². The van der Waals surface area contributed by atoms with Gasteiger partial charge in [-0.25, -0.2) is 15.0 Å². The number of nitrogens with zero attached hydrogens (tertiary/aromatic N) is 3. The number of aromatic nitrogens is 3. The third kappa shape index (κ3) is 5.68. The topological polar surface area (TPSA) is 38.7 Å². The highest BCUT2D eigenvalue weighted by molar-refractivity contribution is 7.26. The fourth-order valence-corrected chi connectivity index (χ4v) is 10.1. The van der Waals surface area contributed by atoms with Crippen LogP contribution in [0.5, 0.6) is 0 Å². The van der Waals surface area contributed by atoms with Gasteiger partial charge >= 0.3 is 0 Å². The van der Waals surface area contributed by atoms with Crippen LogP contribution in [0.1, 0.15) is 0 Å². The second-order valence-electron chi connectivity index (χ2n) is 14.0. The summed E-state index contributed by atoms with van der Waals surface area (Å²) in [5, 5.41) is 4.77. The molecule has 0 N–H and O–H groups in total. The lowest BCUT2D eigenvalue weighted by Gasteiger charge is -2.11. The smallest absolute Gasteiger partial charge is 0.164 e. The Morgan fingerprint density at radius 1 is 0.268 bits per heavy atom. The van der Waals surface area contributed by atoms with Crippen LogP contribution < -0.4 is 0 Å². The van der Waals surface area contributed by atoms with Gasteiger partial charge in [-0.1, -0.05) is 152 Å². The fourth-order valence-electron chi connectivity index (χ4n) is 7.85. The van der Waals surface area contributed by atoms with Crippen LogP contribution in [0.25, 0.3) is 108 Å². The first-order valence-electron chi connectivity index (χ1n) is 18.7. The van der Waals surface area contributed by atoms with Gasteiger partial charge in [-0.3, -0.25) is 0 Å². The lowest BCUT2D eigenvalue weighted by atomic mass is 9.96. The molecule has 0 aliphatic carbocycles. The van der Waals surface area contributed by atoms with Crippen molar-refractivity contribution in [3.8, 4) is 67.5 Å². The highest BCUT2D eigenvalue weighted by Gasteiger charge is 2.19. The van der Waals surface area contributed by atoms with E-state index in [2.05, 4.69) is 170 Å². The zero-order valence-corrected chi connectivity index (χ0v) is 31.7. The van der Waals surface area contributed by atoms with E-state index in [1.54, 1.807) is 11.3 Å². The van der Waals surface area contributed by atoms with Crippen LogP contribution in [-0.2, 0) is 0 Å². The van der Waals surface area contributed by atoms with Gasteiger partial charge in [0.25, 0.3) is 0 Å². The summed E-state index contributed by atoms with van der Waals surface area (Å²) in [4.78, 5) is 15.7. The monoisotopic (exact) mass is 749 g/mol. The Kier molecular flexibility index (Phi) is 7.87. The molecule has 0 fully saturated rings. The van der Waals surface area contributed by atoms with Crippen LogP contribution in [0, 0.1) is 0 Å². The summed E-state index contributed by atoms with van der Waals surface area (Å²) in [6.07, 6.45) is 0. The Balaban J connectivity index is 1.04. The molecule has 11 rings (SSSR count). The summed E-state index contributed by atoms with van der Waals surface area (Å²) in [5.41, 5.74) is 10.2. The van der Waals surface area contributed by atoms with E-state index >= 15 is 0 Å². The maximum Gasteiger partial charge on any atom is 0.164 e. The molecule has 0 aliphatic rings. The number of hydrogen-bond acceptors (Lipinski definition) is 5. The Labute approximate surface area is 331 Å². The van der Waals surface area contributed by atoms with Gasteiger partial charge < -0.3 is 0 Å². The number of hydrogen-bond donors (Lipinski definition) is 0. The van der Waals surface area contributed by atoms with Crippen molar-refractivity contribution >= 4 is 63.0 Å². The molecule has 8 aromatic carbocycles. The molecule has 5 heteroatoms. The van der Waals surface area contributed by atoms with Crippen molar-refractivity contribution in [3.05, 3.63) is 188 Å². The molecule has 56 heavy (non-hydrogen) atoms. The minimum absolute atomic E-state index is 0.661. The standard InChI is InChI=1S/C51H31N3S2/c1-3-12-32(13-4-1)36-16-9-17-37(30-36)33-24-26-34(27-25-33)38-28-29-44-42(31-38)48-41(20-11-23-46(48)56-44)51-53-49(35-14-5-2-6-15-35)52-50(54-51)40-19-10-22-45-47(40)39-18-7-8-21-43(39)55-45/h1-31H. The van der Waals surface area contributed by atoms with Gasteiger partial charge in [-0.2, -0.15) is 0 Å². The Hall–Kier alpha value is -6.79. The van der Waals surface area contributed by atoms with Crippen molar-refractivity contribution in [1.82, 2.24) is 15.0 Å². The fraction of sp³-hybridized carbons (Fsp3) is 0. The third-order valence-electron chi connectivity index (χ3n) is 10.6. The summed E-state index contributed by atoms with van der Waals surface area (Å²) in [6.45, 7) is 0. The van der Waals surface area contributed by atoms with E-state index in [1.807, 2.05) is 29.5 Å². The van der Waals surface area contributed by atoms with E-state index in [0.717, 1.165) is 16.7 Å². The Morgan fingerprint density at radius 3 is 1.34 bits per heavy atom. The first-order chi connectivity index (χ1) is 27.7. The van der Waals surface area contributed by atoms with Crippen LogP contribution >= 0.6 is 22.7 Å². The molecule has 3 aromatic heterocycles. The van der Waals surface area contributed by atoms with Gasteiger partial charge in [0.1, 0.15) is 0 Å². The van der Waals surface area contributed by atoms with Crippen LogP contribution in [0.15, 0.2) is 188 Å². The average molecular weight is 750 g/mol. The lowest BCUT2D eigenvalue weighted by Crippen LogP contribution is -2.00. The molecule has 0 aliphatic heterocycles. The molecular formula is C51H31N3S2. The van der Waals surface area contributed by atoms with Crippen LogP contribution in [0.2, 0.25) is 0 Å². The molecular weight excluding hydrogens is 719 g/mol. The van der Waals surface area contributed by atoms with Crippen LogP contribution in [-0.4, -0.2) is 15.0 Å². The summed E-state index contributed by atoms with van der Waals surface area (Å²) < 4.78 is 4.92. The molecule has 3 nitrogen and oxygen atoms in total. The second-order valence-corrected chi connectivity index (χ2v) is 16.1. The molecule has 0 saturated heterocycles. The molecule has 0 saturated carbocycles. The zero-order valence-electron chi connectivity index (χ0n) is 30.1. The molecule has 0 unspecified atom stereocenters. The van der Waals surface area contributed by atoms with Crippen LogP contribution in [0.3, 0.4) is 0 Å². The van der Waals surface area contributed by atoms with Crippen molar-refractivity contribution in [2.24, 2.45) is 0 Å². The highest BCUT2D eigenvalue weighted by Crippen LogP contribution is 2.43. The quantitative estimate of drug-likeness (QED) is 0.170. The summed E-state index contributed by atoms with van der Waals surface area (Å²) in [6, 6.07) is 66.9. The SMILES string of the molecule is c1ccc(-c2cccc(-c3ccc(-c4ccc5sc6cccc(-c7nc(-c8ccccc8)nc(-c8cccc9sc%10ccccc%10c89)n7)c6c5c4)cc3)c2)cc1. The molecule has 0 amide bonds. The molecule has 262 valence electrons. The first-order valence-corrected chi connectivity index (χ1v) is 20.3. The minimum Gasteiger partial charge on any atom is -0.208 e. The molecule has 3 heterocycles. The average Bonchev–Trinajstić information content (AvgIpc) is 3.85. The minimum atomic E-state index is 0.661. The zero-order chi connectivity index (χ0) is 37.0. The van der Waals surface area contributed by atoms with Gasteiger partial charge in [-0.15, -0.1) is 22.7 Å². The maximum atomic E-state index is 5.30. The molecule has 0 bridgehead atoms. The van der Waals surface area contributed by atoms with Crippen molar-refractivity contribution in [1.29, 1.82) is 0 Å². The third-order valence-corrected chi connectivity index (χ3v) is 12.8. The normalized spacial score (nSPS) is 11.6. The Morgan fingerprint density at radius 2 is 0.696 bits per heavy atom. The van der Waals surface area contributed by atoms with Crippen molar-refractivity contribution in [3.63, 3.8) is 0 Å². The summed E-state index contributed by atoms with van der Waals surface area (Å²) in [5.74, 6) is 2.01. The van der Waals surface area contributed by atoms with E-state index in [1.165, 1.54) is 73.7 Å². The van der Waals surface area contributed by atoms with E-state index in [0.29, 0.717) is 17.5 Å². The largest absolute Gasteiger partial charge is 0.208 e. The van der Waals surface area contributed by atoms with Crippen molar-refractivity contribution in [2.45, 2.75) is 0 Å². The van der Waals surface area contributed by atoms with E-state index in [4.69, 9.17) is 15.0 Å². The van der Waals surface area contributed by atoms with Gasteiger partial charge in [-0.05, 0) is 69.8 Å². The molecule has 11 aromatic rings. The predicted octanol–water partition coefficient (Wildman–Crippen LogP) is 14.6. The molecule has 0 radical (unpaired) electrons. The number of benzene rings is 8. The van der Waals surface area contributed by atoms with Crippen molar-refractivity contribution < 1.29 is 0 Å². The van der Waals surface area contributed by atoms with Crippen molar-refractivity contribution in [2.75, 3.05) is 0 Å². The van der Waals surface area contributed by atoms with Gasteiger partial charge in [0.2, 0.25) is 0 Å². The number of rotatable bonds is 6. The first kappa shape index (κ1) is 32.6. The van der Waals surface area contributed by atoms with Crippen LogP contribution in [0.4, 0.5) is 0 Å². The van der Waals surface area contributed by atoms with E-state index < -0.39 is 0 Å². The number of thiophene rings is 2. The maximum absolute atomic E-state index is 5.30. The molecule has 0 atom stereocenters. The highest BCUT2D eigenvalue weighted by atomic mass is 32.1. The lowest BCUT2D eigenvalue weighted by molar-refractivity contribution is 1.08. The molecule has 0 spiro atoms. The second kappa shape index (κ2) is 13.5. The predicted molar refractivity (Wildman–Crippen MR) is 238 cm³/mol. The Bertz CT molecular complexity index is 3240. The summed E-state index contributed by atoms with van der Waals surface area (Å²) in [7, 11) is 0. The van der Waals surface area contributed by atoms with Gasteiger partial charge in [0, 0.05) is 57.0 Å².